The molecule has 0 aliphatic heterocycles. The summed E-state index contributed by atoms with van der Waals surface area (Å²) >= 11 is 0. The fourth-order valence-electron chi connectivity index (χ4n) is 1.67. The van der Waals surface area contributed by atoms with Crippen molar-refractivity contribution in [2.24, 2.45) is 0 Å². The fraction of sp³-hybridized carbons (Fsp3) is 0.0714. The summed E-state index contributed by atoms with van der Waals surface area (Å²) in [6.07, 6.45) is 1.45. The lowest BCUT2D eigenvalue weighted by atomic mass is 10.2. The van der Waals surface area contributed by atoms with E-state index in [4.69, 9.17) is 0 Å². The molecule has 7 heteroatoms. The molecule has 1 aromatic heterocycles. The number of carbonyl (C=O) groups excluding carboxylic acids is 2. The summed E-state index contributed by atoms with van der Waals surface area (Å²) in [5.41, 5.74) is 0.545. The van der Waals surface area contributed by atoms with Crippen LogP contribution in [0.15, 0.2) is 47.4 Å². The van der Waals surface area contributed by atoms with Crippen LogP contribution in [0.5, 0.6) is 0 Å². The molecule has 3 amide bonds. The average molecular weight is 286 g/mol. The molecule has 1 aromatic carbocycles. The molecule has 0 spiro atoms. The fourth-order valence-corrected chi connectivity index (χ4v) is 1.67. The van der Waals surface area contributed by atoms with Crippen LogP contribution in [0.2, 0.25) is 0 Å². The maximum atomic E-state index is 12.0. The van der Waals surface area contributed by atoms with Gasteiger partial charge in [-0.3, -0.25) is 9.59 Å². The topological polar surface area (TPSA) is 103 Å². The normalized spacial score (nSPS) is 9.76. The van der Waals surface area contributed by atoms with E-state index in [1.54, 1.807) is 30.3 Å². The summed E-state index contributed by atoms with van der Waals surface area (Å²) in [4.78, 5) is 37.2. The number of urea groups is 1. The van der Waals surface area contributed by atoms with Gasteiger partial charge in [-0.05, 0) is 30.3 Å². The van der Waals surface area contributed by atoms with Gasteiger partial charge in [-0.2, -0.15) is 0 Å². The molecule has 1 heterocycles. The van der Waals surface area contributed by atoms with E-state index in [9.17, 15) is 14.4 Å². The van der Waals surface area contributed by atoms with Gasteiger partial charge in [0, 0.05) is 24.6 Å². The lowest BCUT2D eigenvalue weighted by Gasteiger charge is -2.08. The van der Waals surface area contributed by atoms with Gasteiger partial charge >= 0.3 is 6.03 Å². The Kier molecular flexibility index (Phi) is 4.35. The second-order valence-electron chi connectivity index (χ2n) is 4.15. The Balaban J connectivity index is 2.15. The third kappa shape index (κ3) is 3.69. The van der Waals surface area contributed by atoms with Crippen LogP contribution in [0.25, 0.3) is 0 Å². The highest BCUT2D eigenvalue weighted by molar-refractivity contribution is 6.04. The monoisotopic (exact) mass is 286 g/mol. The molecule has 0 radical (unpaired) electrons. The third-order valence-electron chi connectivity index (χ3n) is 2.67. The molecule has 0 atom stereocenters. The van der Waals surface area contributed by atoms with Crippen molar-refractivity contribution < 1.29 is 9.59 Å². The average Bonchev–Trinajstić information content (AvgIpc) is 2.47. The van der Waals surface area contributed by atoms with Crippen molar-refractivity contribution in [3.05, 3.63) is 58.5 Å². The van der Waals surface area contributed by atoms with Crippen molar-refractivity contribution in [2.45, 2.75) is 0 Å². The Hall–Kier alpha value is -3.09. The first-order chi connectivity index (χ1) is 10.1. The van der Waals surface area contributed by atoms with Gasteiger partial charge in [-0.1, -0.05) is 6.07 Å². The maximum absolute atomic E-state index is 12.0. The molecule has 0 aliphatic rings. The van der Waals surface area contributed by atoms with E-state index in [0.29, 0.717) is 11.4 Å². The molecule has 7 nitrogen and oxygen atoms in total. The number of rotatable bonds is 3. The van der Waals surface area contributed by atoms with E-state index in [1.807, 2.05) is 0 Å². The van der Waals surface area contributed by atoms with Crippen molar-refractivity contribution in [1.29, 1.82) is 0 Å². The van der Waals surface area contributed by atoms with Crippen molar-refractivity contribution in [3.8, 4) is 0 Å². The highest BCUT2D eigenvalue weighted by Crippen LogP contribution is 2.15. The predicted octanol–water partition coefficient (Wildman–Crippen LogP) is 1.38. The molecular formula is C14H14N4O3. The quantitative estimate of drug-likeness (QED) is 0.685. The minimum Gasteiger partial charge on any atom is -0.341 e. The predicted molar refractivity (Wildman–Crippen MR) is 79.5 cm³/mol. The molecule has 108 valence electrons. The van der Waals surface area contributed by atoms with E-state index in [1.165, 1.54) is 19.3 Å². The lowest BCUT2D eigenvalue weighted by molar-refractivity contribution is 0.102. The highest BCUT2D eigenvalue weighted by Gasteiger charge is 2.10. The van der Waals surface area contributed by atoms with Crippen LogP contribution in [0, 0.1) is 0 Å². The number of hydrogen-bond acceptors (Lipinski definition) is 3. The number of benzene rings is 1. The summed E-state index contributed by atoms with van der Waals surface area (Å²) in [6.45, 7) is 0. The number of amides is 3. The number of aromatic nitrogens is 1. The zero-order valence-electron chi connectivity index (χ0n) is 11.3. The molecule has 2 aromatic rings. The van der Waals surface area contributed by atoms with Gasteiger partial charge in [-0.15, -0.1) is 0 Å². The van der Waals surface area contributed by atoms with Gasteiger partial charge < -0.3 is 20.9 Å². The number of aromatic amines is 1. The first kappa shape index (κ1) is 14.3. The van der Waals surface area contributed by atoms with Gasteiger partial charge in [0.05, 0.1) is 0 Å². The Morgan fingerprint density at radius 2 is 1.76 bits per heavy atom. The molecule has 2 rings (SSSR count). The van der Waals surface area contributed by atoms with Gasteiger partial charge in [0.2, 0.25) is 0 Å². The Labute approximate surface area is 120 Å². The van der Waals surface area contributed by atoms with Crippen LogP contribution >= 0.6 is 0 Å². The lowest BCUT2D eigenvalue weighted by Crippen LogP contribution is -2.24. The zero-order chi connectivity index (χ0) is 15.2. The largest absolute Gasteiger partial charge is 0.341 e. The summed E-state index contributed by atoms with van der Waals surface area (Å²) in [6, 6.07) is 9.24. The standard InChI is InChI=1S/C14H14N4O3/c1-15-14(21)18-10-5-2-4-9(8-10)17-13(20)11-6-3-7-16-12(11)19/h2-8H,1H3,(H,16,19)(H,17,20)(H2,15,18,21). The second kappa shape index (κ2) is 6.38. The van der Waals surface area contributed by atoms with Crippen LogP contribution in [0.1, 0.15) is 10.4 Å². The molecular weight excluding hydrogens is 272 g/mol. The highest BCUT2D eigenvalue weighted by atomic mass is 16.2. The summed E-state index contributed by atoms with van der Waals surface area (Å²) < 4.78 is 0. The molecule has 21 heavy (non-hydrogen) atoms. The summed E-state index contributed by atoms with van der Waals surface area (Å²) in [5, 5.41) is 7.61. The SMILES string of the molecule is CNC(=O)Nc1cccc(NC(=O)c2ccc[nH]c2=O)c1. The molecule has 0 aliphatic carbocycles. The zero-order valence-corrected chi connectivity index (χ0v) is 11.3. The van der Waals surface area contributed by atoms with Gasteiger partial charge in [-0.25, -0.2) is 4.79 Å². The molecule has 0 saturated heterocycles. The van der Waals surface area contributed by atoms with E-state index < -0.39 is 11.5 Å². The molecule has 4 N–H and O–H groups in total. The van der Waals surface area contributed by atoms with Crippen molar-refractivity contribution >= 4 is 23.3 Å². The van der Waals surface area contributed by atoms with Gasteiger partial charge in [0.1, 0.15) is 5.56 Å². The third-order valence-corrected chi connectivity index (χ3v) is 2.67. The molecule has 0 unspecified atom stereocenters. The number of anilines is 2. The molecule has 0 fully saturated rings. The van der Waals surface area contributed by atoms with Crippen LogP contribution in [-0.2, 0) is 0 Å². The number of pyridine rings is 1. The number of nitrogens with one attached hydrogen (secondary N) is 4. The van der Waals surface area contributed by atoms with Crippen LogP contribution < -0.4 is 21.5 Å². The Morgan fingerprint density at radius 1 is 1.05 bits per heavy atom. The minimum absolute atomic E-state index is 0.0159. The first-order valence-corrected chi connectivity index (χ1v) is 6.18. The summed E-state index contributed by atoms with van der Waals surface area (Å²) in [7, 11) is 1.50. The van der Waals surface area contributed by atoms with Crippen LogP contribution in [-0.4, -0.2) is 24.0 Å². The maximum Gasteiger partial charge on any atom is 0.318 e. The van der Waals surface area contributed by atoms with Crippen molar-refractivity contribution in [3.63, 3.8) is 0 Å². The second-order valence-corrected chi connectivity index (χ2v) is 4.15. The van der Waals surface area contributed by atoms with Crippen molar-refractivity contribution in [2.75, 3.05) is 17.7 Å². The van der Waals surface area contributed by atoms with Gasteiger partial charge in [0.25, 0.3) is 11.5 Å². The van der Waals surface area contributed by atoms with Gasteiger partial charge in [0.15, 0.2) is 0 Å². The van der Waals surface area contributed by atoms with E-state index in [0.717, 1.165) is 0 Å². The van der Waals surface area contributed by atoms with E-state index in [-0.39, 0.29) is 11.6 Å². The van der Waals surface area contributed by atoms with E-state index in [2.05, 4.69) is 20.9 Å². The summed E-state index contributed by atoms with van der Waals surface area (Å²) in [5.74, 6) is -0.519. The van der Waals surface area contributed by atoms with Crippen LogP contribution in [0.4, 0.5) is 16.2 Å². The number of hydrogen-bond donors (Lipinski definition) is 4. The number of carbonyl (C=O) groups is 2. The van der Waals surface area contributed by atoms with Crippen LogP contribution in [0.3, 0.4) is 0 Å². The minimum atomic E-state index is -0.519. The Morgan fingerprint density at radius 3 is 2.43 bits per heavy atom. The first-order valence-electron chi connectivity index (χ1n) is 6.18. The molecule has 0 bridgehead atoms. The van der Waals surface area contributed by atoms with E-state index >= 15 is 0 Å². The smallest absolute Gasteiger partial charge is 0.318 e. The number of H-pyrrole nitrogens is 1. The van der Waals surface area contributed by atoms with Crippen molar-refractivity contribution in [1.82, 2.24) is 10.3 Å². The molecule has 0 saturated carbocycles. The Bertz CT molecular complexity index is 724.